The van der Waals surface area contributed by atoms with Gasteiger partial charge in [0.2, 0.25) is 10.0 Å². The number of rotatable bonds is 4. The number of nitrogens with zero attached hydrogens (tertiary/aromatic N) is 1. The van der Waals surface area contributed by atoms with Crippen LogP contribution < -0.4 is 9.03 Å². The smallest absolute Gasteiger partial charge is 0.261 e. The zero-order valence-corrected chi connectivity index (χ0v) is 15.8. The Morgan fingerprint density at radius 1 is 1.16 bits per heavy atom. The second kappa shape index (κ2) is 6.51. The number of sulfonamides is 2. The van der Waals surface area contributed by atoms with E-state index < -0.39 is 20.0 Å². The van der Waals surface area contributed by atoms with Gasteiger partial charge in [-0.15, -0.1) is 0 Å². The van der Waals surface area contributed by atoms with Crippen LogP contribution in [0.4, 0.5) is 11.4 Å². The minimum absolute atomic E-state index is 0.0607. The van der Waals surface area contributed by atoms with E-state index in [1.165, 1.54) is 16.4 Å². The Bertz CT molecular complexity index is 1020. The van der Waals surface area contributed by atoms with E-state index in [4.69, 9.17) is 11.6 Å². The summed E-state index contributed by atoms with van der Waals surface area (Å²) in [6.07, 6.45) is 0.588. The molecular formula is C16H17ClN2O4S2. The Morgan fingerprint density at radius 2 is 1.92 bits per heavy atom. The van der Waals surface area contributed by atoms with Gasteiger partial charge in [-0.1, -0.05) is 17.7 Å². The second-order valence-corrected chi connectivity index (χ2v) is 9.94. The summed E-state index contributed by atoms with van der Waals surface area (Å²) in [5, 5.41) is 0.328. The molecule has 134 valence electrons. The third kappa shape index (κ3) is 3.75. The zero-order valence-electron chi connectivity index (χ0n) is 13.4. The van der Waals surface area contributed by atoms with Crippen molar-refractivity contribution >= 4 is 43.0 Å². The normalized spacial score (nSPS) is 16.8. The second-order valence-electron chi connectivity index (χ2n) is 5.80. The van der Waals surface area contributed by atoms with Crippen LogP contribution in [0.15, 0.2) is 47.4 Å². The summed E-state index contributed by atoms with van der Waals surface area (Å²) in [7, 11) is -7.05. The Kier molecular flexibility index (Phi) is 4.70. The number of halogens is 1. The average molecular weight is 401 g/mol. The molecule has 6 nitrogen and oxygen atoms in total. The number of benzene rings is 2. The summed E-state index contributed by atoms with van der Waals surface area (Å²) in [5.41, 5.74) is 1.56. The van der Waals surface area contributed by atoms with Crippen LogP contribution in [0.25, 0.3) is 0 Å². The molecule has 0 aromatic heterocycles. The van der Waals surface area contributed by atoms with Gasteiger partial charge in [0, 0.05) is 11.6 Å². The van der Waals surface area contributed by atoms with Gasteiger partial charge in [-0.25, -0.2) is 16.8 Å². The lowest BCUT2D eigenvalue weighted by molar-refractivity contribution is 0.598. The molecule has 1 fully saturated rings. The van der Waals surface area contributed by atoms with E-state index in [1.54, 1.807) is 37.3 Å². The zero-order chi connectivity index (χ0) is 18.2. The highest BCUT2D eigenvalue weighted by molar-refractivity contribution is 7.93. The standard InChI is InChI=1S/C16H17ClN2O4S2/c1-12-10-14(19-8-3-9-24(19,20)21)6-7-16(12)18-25(22,23)15-5-2-4-13(17)11-15/h2,4-7,10-11,18H,3,8-9H2,1H3. The monoisotopic (exact) mass is 400 g/mol. The van der Waals surface area contributed by atoms with Crippen LogP contribution >= 0.6 is 11.6 Å². The fraction of sp³-hybridized carbons (Fsp3) is 0.250. The number of hydrogen-bond acceptors (Lipinski definition) is 4. The Morgan fingerprint density at radius 3 is 2.52 bits per heavy atom. The van der Waals surface area contributed by atoms with Gasteiger partial charge in [-0.3, -0.25) is 9.03 Å². The van der Waals surface area contributed by atoms with Crippen molar-refractivity contribution < 1.29 is 16.8 Å². The molecule has 1 aliphatic rings. The molecule has 9 heteroatoms. The minimum atomic E-state index is -3.78. The largest absolute Gasteiger partial charge is 0.279 e. The SMILES string of the molecule is Cc1cc(N2CCCS2(=O)=O)ccc1NS(=O)(=O)c1cccc(Cl)c1. The predicted octanol–water partition coefficient (Wildman–Crippen LogP) is 2.99. The van der Waals surface area contributed by atoms with E-state index >= 15 is 0 Å². The van der Waals surface area contributed by atoms with Crippen LogP contribution in [0.3, 0.4) is 0 Å². The van der Waals surface area contributed by atoms with Crippen LogP contribution in [-0.4, -0.2) is 29.1 Å². The molecule has 0 unspecified atom stereocenters. The van der Waals surface area contributed by atoms with Crippen molar-refractivity contribution in [2.45, 2.75) is 18.2 Å². The fourth-order valence-electron chi connectivity index (χ4n) is 2.68. The lowest BCUT2D eigenvalue weighted by atomic mass is 10.2. The number of nitrogens with one attached hydrogen (secondary N) is 1. The molecule has 0 radical (unpaired) electrons. The van der Waals surface area contributed by atoms with Crippen LogP contribution in [-0.2, 0) is 20.0 Å². The van der Waals surface area contributed by atoms with Crippen molar-refractivity contribution in [1.29, 1.82) is 0 Å². The van der Waals surface area contributed by atoms with Crippen LogP contribution in [0.1, 0.15) is 12.0 Å². The van der Waals surface area contributed by atoms with Crippen molar-refractivity contribution in [3.05, 3.63) is 53.1 Å². The van der Waals surface area contributed by atoms with Crippen LogP contribution in [0.5, 0.6) is 0 Å². The summed E-state index contributed by atoms with van der Waals surface area (Å²) in [6.45, 7) is 2.16. The third-order valence-corrected chi connectivity index (χ3v) is 7.42. The summed E-state index contributed by atoms with van der Waals surface area (Å²) >= 11 is 5.85. The molecule has 2 aromatic carbocycles. The van der Waals surface area contributed by atoms with Crippen molar-refractivity contribution in [3.8, 4) is 0 Å². The number of hydrogen-bond donors (Lipinski definition) is 1. The first-order valence-corrected chi connectivity index (χ1v) is 11.1. The van der Waals surface area contributed by atoms with Gasteiger partial charge in [-0.2, -0.15) is 0 Å². The molecule has 1 aliphatic heterocycles. The predicted molar refractivity (Wildman–Crippen MR) is 99.2 cm³/mol. The maximum Gasteiger partial charge on any atom is 0.261 e. The molecule has 2 aromatic rings. The third-order valence-electron chi connectivity index (χ3n) is 3.95. The first kappa shape index (κ1) is 18.0. The fourth-order valence-corrected chi connectivity index (χ4v) is 5.67. The first-order valence-electron chi connectivity index (χ1n) is 7.58. The van der Waals surface area contributed by atoms with Gasteiger partial charge in [0.1, 0.15) is 0 Å². The number of aryl methyl sites for hydroxylation is 1. The molecule has 0 atom stereocenters. The first-order chi connectivity index (χ1) is 11.7. The molecule has 0 saturated carbocycles. The molecule has 1 N–H and O–H groups in total. The Hall–Kier alpha value is -1.77. The molecule has 1 saturated heterocycles. The van der Waals surface area contributed by atoms with Gasteiger partial charge in [0.05, 0.1) is 22.0 Å². The van der Waals surface area contributed by atoms with Gasteiger partial charge < -0.3 is 0 Å². The van der Waals surface area contributed by atoms with Gasteiger partial charge in [-0.05, 0) is 55.3 Å². The maximum absolute atomic E-state index is 12.5. The Labute approximate surface area is 152 Å². The van der Waals surface area contributed by atoms with Crippen molar-refractivity contribution in [3.63, 3.8) is 0 Å². The lowest BCUT2D eigenvalue weighted by Crippen LogP contribution is -2.25. The van der Waals surface area contributed by atoms with Crippen molar-refractivity contribution in [2.24, 2.45) is 0 Å². The van der Waals surface area contributed by atoms with E-state index in [0.29, 0.717) is 34.9 Å². The highest BCUT2D eigenvalue weighted by atomic mass is 35.5. The van der Waals surface area contributed by atoms with E-state index in [1.807, 2.05) is 0 Å². The quantitative estimate of drug-likeness (QED) is 0.855. The minimum Gasteiger partial charge on any atom is -0.279 e. The van der Waals surface area contributed by atoms with E-state index in [2.05, 4.69) is 4.72 Å². The molecule has 1 heterocycles. The molecule has 3 rings (SSSR count). The summed E-state index contributed by atoms with van der Waals surface area (Å²) < 4.78 is 52.8. The summed E-state index contributed by atoms with van der Waals surface area (Å²) in [4.78, 5) is 0.0607. The summed E-state index contributed by atoms with van der Waals surface area (Å²) in [5.74, 6) is 0.134. The highest BCUT2D eigenvalue weighted by Gasteiger charge is 2.28. The van der Waals surface area contributed by atoms with Crippen molar-refractivity contribution in [1.82, 2.24) is 0 Å². The van der Waals surface area contributed by atoms with Gasteiger partial charge in [0.25, 0.3) is 10.0 Å². The average Bonchev–Trinajstić information content (AvgIpc) is 2.88. The maximum atomic E-state index is 12.5. The summed E-state index contributed by atoms with van der Waals surface area (Å²) in [6, 6.07) is 10.8. The van der Waals surface area contributed by atoms with Crippen molar-refractivity contribution in [2.75, 3.05) is 21.3 Å². The lowest BCUT2D eigenvalue weighted by Gasteiger charge is -2.19. The number of anilines is 2. The molecule has 0 bridgehead atoms. The van der Waals surface area contributed by atoms with E-state index in [0.717, 1.165) is 0 Å². The van der Waals surface area contributed by atoms with Gasteiger partial charge in [0.15, 0.2) is 0 Å². The van der Waals surface area contributed by atoms with Crippen LogP contribution in [0.2, 0.25) is 5.02 Å². The highest BCUT2D eigenvalue weighted by Crippen LogP contribution is 2.29. The van der Waals surface area contributed by atoms with Crippen LogP contribution in [0, 0.1) is 6.92 Å². The molecular weight excluding hydrogens is 384 g/mol. The molecule has 0 amide bonds. The molecule has 0 aliphatic carbocycles. The van der Waals surface area contributed by atoms with E-state index in [9.17, 15) is 16.8 Å². The molecule has 25 heavy (non-hydrogen) atoms. The molecule has 0 spiro atoms. The van der Waals surface area contributed by atoms with E-state index in [-0.39, 0.29) is 10.6 Å². The topological polar surface area (TPSA) is 83.6 Å². The van der Waals surface area contributed by atoms with Gasteiger partial charge >= 0.3 is 0 Å². The Balaban J connectivity index is 1.89.